The van der Waals surface area contributed by atoms with Crippen molar-refractivity contribution in [3.05, 3.63) is 29.3 Å². The highest BCUT2D eigenvalue weighted by Crippen LogP contribution is 2.36. The number of carbonyl (C=O) groups excluding carboxylic acids is 1. The van der Waals surface area contributed by atoms with Crippen LogP contribution in [0.3, 0.4) is 0 Å². The highest BCUT2D eigenvalue weighted by atomic mass is 16.5. The summed E-state index contributed by atoms with van der Waals surface area (Å²) in [5, 5.41) is 10.6. The summed E-state index contributed by atoms with van der Waals surface area (Å²) in [6, 6.07) is 5.50. The lowest BCUT2D eigenvalue weighted by Crippen LogP contribution is -2.42. The third-order valence-corrected chi connectivity index (χ3v) is 4.12. The van der Waals surface area contributed by atoms with Crippen molar-refractivity contribution in [1.82, 2.24) is 0 Å². The monoisotopic (exact) mass is 262 g/mol. The zero-order valence-electron chi connectivity index (χ0n) is 11.9. The van der Waals surface area contributed by atoms with Crippen molar-refractivity contribution >= 4 is 5.78 Å². The molecule has 1 N–H and O–H groups in total. The minimum absolute atomic E-state index is 0.194. The van der Waals surface area contributed by atoms with Crippen LogP contribution in [0.25, 0.3) is 0 Å². The molecule has 1 aromatic carbocycles. The fraction of sp³-hybridized carbons (Fsp3) is 0.562. The first kappa shape index (κ1) is 14.1. The van der Waals surface area contributed by atoms with Crippen LogP contribution in [-0.4, -0.2) is 23.6 Å². The van der Waals surface area contributed by atoms with Gasteiger partial charge in [0.25, 0.3) is 0 Å². The van der Waals surface area contributed by atoms with Crippen LogP contribution in [-0.2, 0) is 0 Å². The summed E-state index contributed by atoms with van der Waals surface area (Å²) in [6.07, 6.45) is 2.89. The maximum Gasteiger partial charge on any atom is 0.198 e. The van der Waals surface area contributed by atoms with Crippen molar-refractivity contribution in [3.63, 3.8) is 0 Å². The van der Waals surface area contributed by atoms with Gasteiger partial charge in [0.1, 0.15) is 11.4 Å². The van der Waals surface area contributed by atoms with E-state index in [9.17, 15) is 9.90 Å². The molecule has 0 radical (unpaired) electrons. The molecule has 0 amide bonds. The number of carbonyl (C=O) groups is 1. The molecule has 0 heterocycles. The van der Waals surface area contributed by atoms with Crippen LogP contribution in [0.2, 0.25) is 0 Å². The first-order chi connectivity index (χ1) is 8.96. The lowest BCUT2D eigenvalue weighted by molar-refractivity contribution is 0.00404. The number of hydrogen-bond donors (Lipinski definition) is 1. The fourth-order valence-corrected chi connectivity index (χ4v) is 2.72. The highest BCUT2D eigenvalue weighted by Gasteiger charge is 2.40. The Labute approximate surface area is 114 Å². The van der Waals surface area contributed by atoms with Gasteiger partial charge in [0.2, 0.25) is 0 Å². The number of aryl methyl sites for hydroxylation is 1. The van der Waals surface area contributed by atoms with Crippen molar-refractivity contribution in [3.8, 4) is 5.75 Å². The molecule has 19 heavy (non-hydrogen) atoms. The Morgan fingerprint density at radius 1 is 1.37 bits per heavy atom. The van der Waals surface area contributed by atoms with Gasteiger partial charge in [0, 0.05) is 0 Å². The Balaban J connectivity index is 2.31. The molecule has 1 saturated carbocycles. The van der Waals surface area contributed by atoms with Crippen molar-refractivity contribution in [1.29, 1.82) is 0 Å². The van der Waals surface area contributed by atoms with Gasteiger partial charge in [-0.25, -0.2) is 0 Å². The molecule has 0 aromatic heterocycles. The van der Waals surface area contributed by atoms with E-state index < -0.39 is 5.60 Å². The summed E-state index contributed by atoms with van der Waals surface area (Å²) < 4.78 is 5.25. The van der Waals surface area contributed by atoms with E-state index in [0.717, 1.165) is 18.4 Å². The van der Waals surface area contributed by atoms with E-state index in [0.29, 0.717) is 30.1 Å². The van der Waals surface area contributed by atoms with E-state index in [1.54, 1.807) is 19.2 Å². The Morgan fingerprint density at radius 2 is 2.00 bits per heavy atom. The van der Waals surface area contributed by atoms with Gasteiger partial charge in [-0.3, -0.25) is 4.79 Å². The maximum atomic E-state index is 12.6. The van der Waals surface area contributed by atoms with Gasteiger partial charge in [0.15, 0.2) is 5.78 Å². The van der Waals surface area contributed by atoms with Crippen molar-refractivity contribution in [2.24, 2.45) is 5.92 Å². The van der Waals surface area contributed by atoms with Crippen LogP contribution in [0.15, 0.2) is 18.2 Å². The number of aliphatic hydroxyl groups is 1. The average molecular weight is 262 g/mol. The number of methoxy groups -OCH3 is 1. The first-order valence-corrected chi connectivity index (χ1v) is 6.88. The van der Waals surface area contributed by atoms with E-state index in [2.05, 4.69) is 6.92 Å². The molecule has 0 unspecified atom stereocenters. The quantitative estimate of drug-likeness (QED) is 0.851. The Morgan fingerprint density at radius 3 is 2.58 bits per heavy atom. The van der Waals surface area contributed by atoms with Crippen LogP contribution in [0.1, 0.15) is 48.5 Å². The second-order valence-electron chi connectivity index (χ2n) is 5.75. The van der Waals surface area contributed by atoms with E-state index in [-0.39, 0.29) is 5.78 Å². The molecule has 0 saturated heterocycles. The van der Waals surface area contributed by atoms with Gasteiger partial charge in [0.05, 0.1) is 12.7 Å². The SMILES string of the molecule is COc1ccc(C)cc1C(=O)C1(O)CCC(C)CC1. The maximum absolute atomic E-state index is 12.6. The number of hydrogen-bond acceptors (Lipinski definition) is 3. The molecule has 1 aromatic rings. The second-order valence-corrected chi connectivity index (χ2v) is 5.75. The fourth-order valence-electron chi connectivity index (χ4n) is 2.72. The molecule has 2 rings (SSSR count). The number of rotatable bonds is 3. The van der Waals surface area contributed by atoms with Crippen LogP contribution >= 0.6 is 0 Å². The lowest BCUT2D eigenvalue weighted by atomic mass is 9.75. The molecule has 1 aliphatic carbocycles. The summed E-state index contributed by atoms with van der Waals surface area (Å²) in [7, 11) is 1.55. The molecule has 0 spiro atoms. The standard InChI is InChI=1S/C16H22O3/c1-11-6-8-16(18,9-7-11)15(17)13-10-12(2)4-5-14(13)19-3/h4-5,10-11,18H,6-9H2,1-3H3. The number of Topliss-reactive ketones (excluding diaryl/α,β-unsaturated/α-hetero) is 1. The predicted octanol–water partition coefficient (Wildman–Crippen LogP) is 3.13. The third-order valence-electron chi connectivity index (χ3n) is 4.12. The van der Waals surface area contributed by atoms with Gasteiger partial charge >= 0.3 is 0 Å². The lowest BCUT2D eigenvalue weighted by Gasteiger charge is -2.33. The van der Waals surface area contributed by atoms with Crippen molar-refractivity contribution in [2.45, 2.75) is 45.1 Å². The minimum Gasteiger partial charge on any atom is -0.496 e. The van der Waals surface area contributed by atoms with Gasteiger partial charge < -0.3 is 9.84 Å². The van der Waals surface area contributed by atoms with Crippen molar-refractivity contribution in [2.75, 3.05) is 7.11 Å². The van der Waals surface area contributed by atoms with Gasteiger partial charge in [-0.05, 0) is 50.7 Å². The van der Waals surface area contributed by atoms with E-state index in [1.165, 1.54) is 0 Å². The highest BCUT2D eigenvalue weighted by molar-refractivity contribution is 6.04. The largest absolute Gasteiger partial charge is 0.496 e. The second kappa shape index (κ2) is 5.33. The summed E-state index contributed by atoms with van der Waals surface area (Å²) in [5.41, 5.74) is 0.282. The molecule has 1 fully saturated rings. The summed E-state index contributed by atoms with van der Waals surface area (Å²) in [5.74, 6) is 0.940. The van der Waals surface area contributed by atoms with Gasteiger partial charge in [-0.1, -0.05) is 18.6 Å². The van der Waals surface area contributed by atoms with E-state index in [1.807, 2.05) is 13.0 Å². The molecule has 104 valence electrons. The summed E-state index contributed by atoms with van der Waals surface area (Å²) in [6.45, 7) is 4.10. The molecular formula is C16H22O3. The summed E-state index contributed by atoms with van der Waals surface area (Å²) >= 11 is 0. The molecule has 0 bridgehead atoms. The normalized spacial score (nSPS) is 27.1. The topological polar surface area (TPSA) is 46.5 Å². The van der Waals surface area contributed by atoms with Gasteiger partial charge in [-0.2, -0.15) is 0 Å². The smallest absolute Gasteiger partial charge is 0.198 e. The Hall–Kier alpha value is -1.35. The molecular weight excluding hydrogens is 240 g/mol. The minimum atomic E-state index is -1.21. The van der Waals surface area contributed by atoms with Crippen LogP contribution in [0.5, 0.6) is 5.75 Å². The zero-order chi connectivity index (χ0) is 14.0. The van der Waals surface area contributed by atoms with Crippen LogP contribution in [0, 0.1) is 12.8 Å². The number of benzene rings is 1. The number of ketones is 1. The number of ether oxygens (including phenoxy) is 1. The molecule has 1 aliphatic rings. The molecule has 0 atom stereocenters. The Kier molecular flexibility index (Phi) is 3.95. The Bertz CT molecular complexity index is 471. The van der Waals surface area contributed by atoms with Crippen LogP contribution < -0.4 is 4.74 Å². The predicted molar refractivity (Wildman–Crippen MR) is 74.6 cm³/mol. The first-order valence-electron chi connectivity index (χ1n) is 6.88. The molecule has 3 heteroatoms. The van der Waals surface area contributed by atoms with Crippen molar-refractivity contribution < 1.29 is 14.6 Å². The average Bonchev–Trinajstić information content (AvgIpc) is 2.41. The van der Waals surface area contributed by atoms with E-state index >= 15 is 0 Å². The molecule has 0 aliphatic heterocycles. The van der Waals surface area contributed by atoms with E-state index in [4.69, 9.17) is 4.74 Å². The molecule has 3 nitrogen and oxygen atoms in total. The zero-order valence-corrected chi connectivity index (χ0v) is 11.9. The third kappa shape index (κ3) is 2.81. The van der Waals surface area contributed by atoms with Crippen LogP contribution in [0.4, 0.5) is 0 Å². The van der Waals surface area contributed by atoms with Gasteiger partial charge in [-0.15, -0.1) is 0 Å². The summed E-state index contributed by atoms with van der Waals surface area (Å²) in [4.78, 5) is 12.6.